The normalized spacial score (nSPS) is 25.2. The molecule has 1 unspecified atom stereocenters. The van der Waals surface area contributed by atoms with Crippen molar-refractivity contribution in [2.75, 3.05) is 18.2 Å². The van der Waals surface area contributed by atoms with Gasteiger partial charge >= 0.3 is 5.97 Å². The van der Waals surface area contributed by atoms with E-state index >= 15 is 0 Å². The SMILES string of the molecule is O=C(O)CN(C(=O)C1CSCN1)C1CC1. The minimum Gasteiger partial charge on any atom is -0.480 e. The lowest BCUT2D eigenvalue weighted by Crippen LogP contribution is -2.47. The van der Waals surface area contributed by atoms with Gasteiger partial charge in [0.1, 0.15) is 6.54 Å². The van der Waals surface area contributed by atoms with E-state index < -0.39 is 5.97 Å². The van der Waals surface area contributed by atoms with Gasteiger partial charge in [-0.25, -0.2) is 0 Å². The maximum absolute atomic E-state index is 11.9. The maximum Gasteiger partial charge on any atom is 0.323 e. The molecule has 84 valence electrons. The van der Waals surface area contributed by atoms with Crippen LogP contribution in [0.15, 0.2) is 0 Å². The summed E-state index contributed by atoms with van der Waals surface area (Å²) in [6, 6.07) is -0.0176. The summed E-state index contributed by atoms with van der Waals surface area (Å²) in [5.41, 5.74) is 0. The van der Waals surface area contributed by atoms with Gasteiger partial charge < -0.3 is 10.0 Å². The lowest BCUT2D eigenvalue weighted by atomic mass is 10.2. The highest BCUT2D eigenvalue weighted by Crippen LogP contribution is 2.28. The van der Waals surface area contributed by atoms with Crippen molar-refractivity contribution in [3.8, 4) is 0 Å². The van der Waals surface area contributed by atoms with E-state index in [2.05, 4.69) is 5.32 Å². The van der Waals surface area contributed by atoms with Crippen LogP contribution in [-0.4, -0.2) is 52.1 Å². The van der Waals surface area contributed by atoms with Gasteiger partial charge in [-0.2, -0.15) is 0 Å². The van der Waals surface area contributed by atoms with E-state index in [0.29, 0.717) is 0 Å². The molecular formula is C9H14N2O3S. The molecule has 0 aromatic carbocycles. The molecule has 1 heterocycles. The molecule has 2 fully saturated rings. The van der Waals surface area contributed by atoms with E-state index in [4.69, 9.17) is 5.11 Å². The summed E-state index contributed by atoms with van der Waals surface area (Å²) in [7, 11) is 0. The predicted molar refractivity (Wildman–Crippen MR) is 56.6 cm³/mol. The van der Waals surface area contributed by atoms with Crippen LogP contribution in [-0.2, 0) is 9.59 Å². The van der Waals surface area contributed by atoms with Crippen molar-refractivity contribution in [1.29, 1.82) is 0 Å². The van der Waals surface area contributed by atoms with Gasteiger partial charge in [0.25, 0.3) is 0 Å². The van der Waals surface area contributed by atoms with Gasteiger partial charge in [0.2, 0.25) is 5.91 Å². The third-order valence-electron chi connectivity index (χ3n) is 2.59. The Morgan fingerprint density at radius 3 is 2.67 bits per heavy atom. The summed E-state index contributed by atoms with van der Waals surface area (Å²) in [5, 5.41) is 11.8. The van der Waals surface area contributed by atoms with Crippen LogP contribution in [0.4, 0.5) is 0 Å². The van der Waals surface area contributed by atoms with Crippen LogP contribution in [0.5, 0.6) is 0 Å². The second-order valence-electron chi connectivity index (χ2n) is 3.86. The van der Waals surface area contributed by atoms with E-state index in [-0.39, 0.29) is 24.5 Å². The fourth-order valence-corrected chi connectivity index (χ4v) is 2.61. The molecule has 2 aliphatic rings. The molecule has 1 atom stereocenters. The highest BCUT2D eigenvalue weighted by molar-refractivity contribution is 7.99. The molecule has 0 spiro atoms. The van der Waals surface area contributed by atoms with Crippen molar-refractivity contribution in [3.05, 3.63) is 0 Å². The van der Waals surface area contributed by atoms with Crippen LogP contribution in [0.3, 0.4) is 0 Å². The van der Waals surface area contributed by atoms with E-state index in [1.54, 1.807) is 11.8 Å². The predicted octanol–water partition coefficient (Wildman–Crippen LogP) is -0.276. The van der Waals surface area contributed by atoms with Gasteiger partial charge in [0.05, 0.1) is 6.04 Å². The maximum atomic E-state index is 11.9. The first-order valence-corrected chi connectivity index (χ1v) is 6.17. The number of rotatable bonds is 4. The molecule has 0 aromatic heterocycles. The second-order valence-corrected chi connectivity index (χ2v) is 4.89. The Kier molecular flexibility index (Phi) is 3.16. The molecule has 2 N–H and O–H groups in total. The quantitative estimate of drug-likeness (QED) is 0.695. The first kappa shape index (κ1) is 10.8. The Labute approximate surface area is 92.2 Å². The molecule has 15 heavy (non-hydrogen) atoms. The number of amides is 1. The third-order valence-corrected chi connectivity index (χ3v) is 3.53. The first-order valence-electron chi connectivity index (χ1n) is 5.02. The molecule has 1 aliphatic carbocycles. The minimum atomic E-state index is -0.930. The fraction of sp³-hybridized carbons (Fsp3) is 0.778. The zero-order valence-corrected chi connectivity index (χ0v) is 9.13. The average molecular weight is 230 g/mol. The number of carboxylic acid groups (broad SMARTS) is 1. The molecule has 6 heteroatoms. The molecule has 1 amide bonds. The molecule has 1 aliphatic heterocycles. The Balaban J connectivity index is 1.96. The molecule has 1 saturated carbocycles. The van der Waals surface area contributed by atoms with Gasteiger partial charge in [-0.05, 0) is 12.8 Å². The number of nitrogens with one attached hydrogen (secondary N) is 1. The molecular weight excluding hydrogens is 216 g/mol. The van der Waals surface area contributed by atoms with Crippen LogP contribution < -0.4 is 5.32 Å². The number of carbonyl (C=O) groups is 2. The number of hydrogen-bond donors (Lipinski definition) is 2. The van der Waals surface area contributed by atoms with Gasteiger partial charge in [0.15, 0.2) is 0 Å². The number of hydrogen-bond acceptors (Lipinski definition) is 4. The van der Waals surface area contributed by atoms with E-state index in [0.717, 1.165) is 24.5 Å². The summed E-state index contributed by atoms with van der Waals surface area (Å²) in [6.45, 7) is -0.160. The van der Waals surface area contributed by atoms with Crippen molar-refractivity contribution in [3.63, 3.8) is 0 Å². The number of aliphatic carboxylic acids is 1. The van der Waals surface area contributed by atoms with Gasteiger partial charge in [0, 0.05) is 17.7 Å². The minimum absolute atomic E-state index is 0.0510. The molecule has 1 saturated heterocycles. The summed E-state index contributed by atoms with van der Waals surface area (Å²) in [4.78, 5) is 24.1. The van der Waals surface area contributed by atoms with E-state index in [1.165, 1.54) is 4.90 Å². The summed E-state index contributed by atoms with van der Waals surface area (Å²) in [5.74, 6) is 0.551. The number of carboxylic acids is 1. The van der Waals surface area contributed by atoms with Crippen LogP contribution in [0.1, 0.15) is 12.8 Å². The number of nitrogens with zero attached hydrogens (tertiary/aromatic N) is 1. The average Bonchev–Trinajstić information content (AvgIpc) is 2.88. The lowest BCUT2D eigenvalue weighted by molar-refractivity contribution is -0.145. The standard InChI is InChI=1S/C9H14N2O3S/c12-8(13)3-11(6-1-2-6)9(14)7-4-15-5-10-7/h6-7,10H,1-5H2,(H,12,13). The zero-order chi connectivity index (χ0) is 10.8. The van der Waals surface area contributed by atoms with Crippen LogP contribution >= 0.6 is 11.8 Å². The van der Waals surface area contributed by atoms with E-state index in [9.17, 15) is 9.59 Å². The van der Waals surface area contributed by atoms with Gasteiger partial charge in [-0.3, -0.25) is 14.9 Å². The van der Waals surface area contributed by atoms with Crippen molar-refractivity contribution < 1.29 is 14.7 Å². The molecule has 0 radical (unpaired) electrons. The Hall–Kier alpha value is -0.750. The second kappa shape index (κ2) is 4.40. The summed E-state index contributed by atoms with van der Waals surface area (Å²) < 4.78 is 0. The molecule has 5 nitrogen and oxygen atoms in total. The molecule has 0 aromatic rings. The smallest absolute Gasteiger partial charge is 0.323 e. The van der Waals surface area contributed by atoms with E-state index in [1.807, 2.05) is 0 Å². The Morgan fingerprint density at radius 1 is 1.47 bits per heavy atom. The van der Waals surface area contributed by atoms with Crippen LogP contribution in [0, 0.1) is 0 Å². The van der Waals surface area contributed by atoms with Crippen LogP contribution in [0.2, 0.25) is 0 Å². The topological polar surface area (TPSA) is 69.6 Å². The van der Waals surface area contributed by atoms with Crippen molar-refractivity contribution >= 4 is 23.6 Å². The monoisotopic (exact) mass is 230 g/mol. The highest BCUT2D eigenvalue weighted by Gasteiger charge is 2.37. The summed E-state index contributed by atoms with van der Waals surface area (Å²) in [6.07, 6.45) is 1.89. The van der Waals surface area contributed by atoms with Gasteiger partial charge in [-0.1, -0.05) is 0 Å². The summed E-state index contributed by atoms with van der Waals surface area (Å²) >= 11 is 1.67. The highest BCUT2D eigenvalue weighted by atomic mass is 32.2. The van der Waals surface area contributed by atoms with Crippen LogP contribution in [0.25, 0.3) is 0 Å². The number of carbonyl (C=O) groups excluding carboxylic acids is 1. The zero-order valence-electron chi connectivity index (χ0n) is 8.31. The third kappa shape index (κ3) is 2.63. The first-order chi connectivity index (χ1) is 7.18. The largest absolute Gasteiger partial charge is 0.480 e. The number of thioether (sulfide) groups is 1. The Morgan fingerprint density at radius 2 is 2.20 bits per heavy atom. The van der Waals surface area contributed by atoms with Crippen molar-refractivity contribution in [2.24, 2.45) is 0 Å². The molecule has 2 rings (SSSR count). The van der Waals surface area contributed by atoms with Crippen molar-refractivity contribution in [2.45, 2.75) is 24.9 Å². The fourth-order valence-electron chi connectivity index (χ4n) is 1.67. The molecule has 0 bridgehead atoms. The van der Waals surface area contributed by atoms with Gasteiger partial charge in [-0.15, -0.1) is 11.8 Å². The van der Waals surface area contributed by atoms with Crippen molar-refractivity contribution in [1.82, 2.24) is 10.2 Å². The lowest BCUT2D eigenvalue weighted by Gasteiger charge is -2.23. The Bertz CT molecular complexity index is 275.